The number of sulfonamides is 1. The van der Waals surface area contributed by atoms with Crippen LogP contribution in [-0.4, -0.2) is 34.4 Å². The molecule has 1 N–H and O–H groups in total. The van der Waals surface area contributed by atoms with Crippen molar-refractivity contribution < 1.29 is 13.2 Å². The van der Waals surface area contributed by atoms with Gasteiger partial charge in [0.1, 0.15) is 0 Å². The van der Waals surface area contributed by atoms with E-state index in [0.717, 1.165) is 12.8 Å². The minimum atomic E-state index is -3.13. The van der Waals surface area contributed by atoms with Gasteiger partial charge in [0.25, 0.3) is 0 Å². The highest BCUT2D eigenvalue weighted by Gasteiger charge is 2.11. The maximum Gasteiger partial charge on any atom is 0.213 e. The molecule has 0 bridgehead atoms. The van der Waals surface area contributed by atoms with Gasteiger partial charge in [-0.05, 0) is 5.92 Å². The summed E-state index contributed by atoms with van der Waals surface area (Å²) in [5.41, 5.74) is 0. The lowest BCUT2D eigenvalue weighted by Crippen LogP contribution is -2.32. The van der Waals surface area contributed by atoms with E-state index in [-0.39, 0.29) is 12.4 Å². The van der Waals surface area contributed by atoms with E-state index in [1.807, 2.05) is 0 Å². The molecule has 0 aromatic carbocycles. The Hall–Kier alpha value is -0.130. The van der Waals surface area contributed by atoms with Gasteiger partial charge in [-0.25, -0.2) is 13.1 Å². The summed E-state index contributed by atoms with van der Waals surface area (Å²) in [4.78, 5) is 0. The van der Waals surface area contributed by atoms with Gasteiger partial charge in [0.05, 0.1) is 12.4 Å². The van der Waals surface area contributed by atoms with Crippen molar-refractivity contribution >= 4 is 10.0 Å². The molecule has 14 heavy (non-hydrogen) atoms. The van der Waals surface area contributed by atoms with Crippen molar-refractivity contribution in [1.29, 1.82) is 0 Å². The fourth-order valence-electron chi connectivity index (χ4n) is 1.09. The molecule has 0 aromatic heterocycles. The van der Waals surface area contributed by atoms with E-state index < -0.39 is 10.0 Å². The molecule has 0 unspecified atom stereocenters. The minimum absolute atomic E-state index is 0.0453. The highest BCUT2D eigenvalue weighted by molar-refractivity contribution is 7.89. The SMILES string of the molecule is CCC(CC)CNS(=O)(=O)CCOC. The average molecular weight is 223 g/mol. The first-order valence-corrected chi connectivity index (χ1v) is 6.67. The van der Waals surface area contributed by atoms with Gasteiger partial charge >= 0.3 is 0 Å². The smallest absolute Gasteiger partial charge is 0.213 e. The van der Waals surface area contributed by atoms with Crippen LogP contribution in [0.5, 0.6) is 0 Å². The molecule has 5 heteroatoms. The molecule has 0 saturated carbocycles. The molecule has 86 valence electrons. The van der Waals surface area contributed by atoms with E-state index in [1.54, 1.807) is 0 Å². The number of nitrogens with one attached hydrogen (secondary N) is 1. The summed E-state index contributed by atoms with van der Waals surface area (Å²) >= 11 is 0. The van der Waals surface area contributed by atoms with E-state index in [0.29, 0.717) is 12.5 Å². The molecule has 0 fully saturated rings. The molecule has 0 spiro atoms. The summed E-state index contributed by atoms with van der Waals surface area (Å²) in [7, 11) is -1.64. The van der Waals surface area contributed by atoms with Crippen LogP contribution in [0.3, 0.4) is 0 Å². The quantitative estimate of drug-likeness (QED) is 0.667. The Morgan fingerprint density at radius 1 is 1.29 bits per heavy atom. The first kappa shape index (κ1) is 13.9. The van der Waals surface area contributed by atoms with Gasteiger partial charge in [0.15, 0.2) is 0 Å². The predicted molar refractivity (Wildman–Crippen MR) is 57.7 cm³/mol. The maximum absolute atomic E-state index is 11.3. The van der Waals surface area contributed by atoms with Crippen LogP contribution in [0.15, 0.2) is 0 Å². The third-order valence-electron chi connectivity index (χ3n) is 2.30. The van der Waals surface area contributed by atoms with E-state index >= 15 is 0 Å². The van der Waals surface area contributed by atoms with E-state index in [4.69, 9.17) is 4.74 Å². The molecule has 0 aliphatic heterocycles. The Bertz CT molecular complexity index is 222. The molecule has 0 radical (unpaired) electrons. The second-order valence-corrected chi connectivity index (χ2v) is 5.27. The van der Waals surface area contributed by atoms with Crippen molar-refractivity contribution in [3.63, 3.8) is 0 Å². The van der Waals surface area contributed by atoms with E-state index in [1.165, 1.54) is 7.11 Å². The Morgan fingerprint density at radius 2 is 1.86 bits per heavy atom. The number of methoxy groups -OCH3 is 1. The van der Waals surface area contributed by atoms with Crippen LogP contribution in [0.2, 0.25) is 0 Å². The summed E-state index contributed by atoms with van der Waals surface area (Å²) in [5.74, 6) is 0.483. The van der Waals surface area contributed by atoms with Gasteiger partial charge in [0.2, 0.25) is 10.0 Å². The van der Waals surface area contributed by atoms with Crippen LogP contribution in [0.4, 0.5) is 0 Å². The standard InChI is InChI=1S/C9H21NO3S/c1-4-9(5-2)8-10-14(11,12)7-6-13-3/h9-10H,4-8H2,1-3H3. The zero-order valence-corrected chi connectivity index (χ0v) is 10.1. The lowest BCUT2D eigenvalue weighted by molar-refractivity contribution is 0.217. The van der Waals surface area contributed by atoms with Gasteiger partial charge in [-0.15, -0.1) is 0 Å². The zero-order chi connectivity index (χ0) is 11.0. The second kappa shape index (κ2) is 7.20. The van der Waals surface area contributed by atoms with Gasteiger partial charge < -0.3 is 4.74 Å². The average Bonchev–Trinajstić information content (AvgIpc) is 2.16. The summed E-state index contributed by atoms with van der Waals surface area (Å²) in [6.07, 6.45) is 2.01. The molecule has 0 saturated heterocycles. The van der Waals surface area contributed by atoms with Crippen LogP contribution in [-0.2, 0) is 14.8 Å². The topological polar surface area (TPSA) is 55.4 Å². The lowest BCUT2D eigenvalue weighted by atomic mass is 10.0. The van der Waals surface area contributed by atoms with Crippen molar-refractivity contribution in [2.75, 3.05) is 26.0 Å². The molecule has 0 rings (SSSR count). The van der Waals surface area contributed by atoms with Crippen LogP contribution < -0.4 is 4.72 Å². The van der Waals surface area contributed by atoms with Crippen molar-refractivity contribution in [2.24, 2.45) is 5.92 Å². The van der Waals surface area contributed by atoms with Crippen LogP contribution in [0, 0.1) is 5.92 Å². The molecule has 0 heterocycles. The van der Waals surface area contributed by atoms with Gasteiger partial charge in [-0.2, -0.15) is 0 Å². The van der Waals surface area contributed by atoms with Crippen LogP contribution >= 0.6 is 0 Å². The Kier molecular flexibility index (Phi) is 7.13. The number of hydrogen-bond acceptors (Lipinski definition) is 3. The Labute approximate surface area is 87.1 Å². The second-order valence-electron chi connectivity index (χ2n) is 3.34. The first-order valence-electron chi connectivity index (χ1n) is 5.02. The van der Waals surface area contributed by atoms with Crippen LogP contribution in [0.1, 0.15) is 26.7 Å². The molecule has 0 amide bonds. The highest BCUT2D eigenvalue weighted by Crippen LogP contribution is 2.05. The fourth-order valence-corrected chi connectivity index (χ4v) is 2.11. The molecule has 4 nitrogen and oxygen atoms in total. The summed E-state index contributed by atoms with van der Waals surface area (Å²) in [5, 5.41) is 0. The Morgan fingerprint density at radius 3 is 2.29 bits per heavy atom. The van der Waals surface area contributed by atoms with Crippen molar-refractivity contribution in [1.82, 2.24) is 4.72 Å². The molecule has 0 aromatic rings. The molecule has 0 aliphatic rings. The summed E-state index contributed by atoms with van der Waals surface area (Å²) in [6.45, 7) is 4.92. The molecular weight excluding hydrogens is 202 g/mol. The molecule has 0 aliphatic carbocycles. The summed E-state index contributed by atoms with van der Waals surface area (Å²) < 4.78 is 30.0. The largest absolute Gasteiger partial charge is 0.384 e. The number of hydrogen-bond donors (Lipinski definition) is 1. The van der Waals surface area contributed by atoms with Gasteiger partial charge in [0, 0.05) is 13.7 Å². The Balaban J connectivity index is 3.86. The third kappa shape index (κ3) is 6.34. The monoisotopic (exact) mass is 223 g/mol. The molecule has 0 atom stereocenters. The van der Waals surface area contributed by atoms with E-state index in [9.17, 15) is 8.42 Å². The number of ether oxygens (including phenoxy) is 1. The predicted octanol–water partition coefficient (Wildman–Crippen LogP) is 0.988. The minimum Gasteiger partial charge on any atom is -0.384 e. The van der Waals surface area contributed by atoms with Crippen molar-refractivity contribution in [3.05, 3.63) is 0 Å². The molecular formula is C9H21NO3S. The van der Waals surface area contributed by atoms with Crippen LogP contribution in [0.25, 0.3) is 0 Å². The number of rotatable bonds is 8. The fraction of sp³-hybridized carbons (Fsp3) is 1.00. The van der Waals surface area contributed by atoms with Crippen molar-refractivity contribution in [3.8, 4) is 0 Å². The van der Waals surface area contributed by atoms with Gasteiger partial charge in [-0.1, -0.05) is 26.7 Å². The van der Waals surface area contributed by atoms with Crippen molar-refractivity contribution in [2.45, 2.75) is 26.7 Å². The maximum atomic E-state index is 11.3. The lowest BCUT2D eigenvalue weighted by Gasteiger charge is -2.13. The third-order valence-corrected chi connectivity index (χ3v) is 3.61. The normalized spacial score (nSPS) is 12.3. The zero-order valence-electron chi connectivity index (χ0n) is 9.25. The summed E-state index contributed by atoms with van der Waals surface area (Å²) in [6, 6.07) is 0. The first-order chi connectivity index (χ1) is 6.55. The van der Waals surface area contributed by atoms with Gasteiger partial charge in [-0.3, -0.25) is 0 Å². The highest BCUT2D eigenvalue weighted by atomic mass is 32.2. The van der Waals surface area contributed by atoms with E-state index in [2.05, 4.69) is 18.6 Å².